The number of anilines is 2. The Kier molecular flexibility index (Phi) is 5.78. The highest BCUT2D eigenvalue weighted by Crippen LogP contribution is 2.14. The molecule has 10 nitrogen and oxygen atoms in total. The van der Waals surface area contributed by atoms with Crippen LogP contribution in [0.3, 0.4) is 0 Å². The number of nitrogens with one attached hydrogen (secondary N) is 1. The van der Waals surface area contributed by atoms with E-state index in [0.717, 1.165) is 0 Å². The third-order valence-corrected chi connectivity index (χ3v) is 3.28. The molecule has 0 radical (unpaired) electrons. The number of nitrogens with zero attached hydrogens (tertiary/aromatic N) is 6. The summed E-state index contributed by atoms with van der Waals surface area (Å²) in [7, 11) is 7.19. The number of hydrazone groups is 1. The first-order valence-corrected chi connectivity index (χ1v) is 7.59. The van der Waals surface area contributed by atoms with Crippen LogP contribution in [0.2, 0.25) is 0 Å². The molecule has 0 bridgehead atoms. The molecular weight excluding hydrogens is 338 g/mol. The number of amides is 1. The van der Waals surface area contributed by atoms with E-state index in [1.54, 1.807) is 30.0 Å². The number of hydrogen-bond acceptors (Lipinski definition) is 8. The van der Waals surface area contributed by atoms with Gasteiger partial charge in [-0.2, -0.15) is 10.1 Å². The number of aromatic nitrogens is 2. The van der Waals surface area contributed by atoms with Crippen LogP contribution in [0, 0.1) is 10.1 Å². The van der Waals surface area contributed by atoms with Crippen molar-refractivity contribution < 1.29 is 9.72 Å². The predicted octanol–water partition coefficient (Wildman–Crippen LogP) is 1.28. The molecule has 0 aliphatic rings. The Balaban J connectivity index is 2.12. The lowest BCUT2D eigenvalue weighted by atomic mass is 10.2. The molecule has 1 N–H and O–H groups in total. The van der Waals surface area contributed by atoms with Gasteiger partial charge in [-0.25, -0.2) is 10.4 Å². The molecule has 0 fully saturated rings. The van der Waals surface area contributed by atoms with Gasteiger partial charge in [-0.05, 0) is 17.7 Å². The van der Waals surface area contributed by atoms with Gasteiger partial charge in [-0.15, -0.1) is 0 Å². The lowest BCUT2D eigenvalue weighted by Crippen LogP contribution is -2.23. The first-order valence-electron chi connectivity index (χ1n) is 7.59. The normalized spacial score (nSPS) is 10.6. The fourth-order valence-corrected chi connectivity index (χ4v) is 1.87. The van der Waals surface area contributed by atoms with Crippen LogP contribution in [0.15, 0.2) is 35.4 Å². The zero-order valence-corrected chi connectivity index (χ0v) is 14.9. The fraction of sp³-hybridized carbons (Fsp3) is 0.250. The van der Waals surface area contributed by atoms with Gasteiger partial charge < -0.3 is 9.80 Å². The maximum absolute atomic E-state index is 12.3. The van der Waals surface area contributed by atoms with E-state index in [1.165, 1.54) is 30.5 Å². The zero-order chi connectivity index (χ0) is 19.3. The van der Waals surface area contributed by atoms with Crippen LogP contribution in [-0.4, -0.2) is 55.2 Å². The van der Waals surface area contributed by atoms with E-state index in [4.69, 9.17) is 0 Å². The van der Waals surface area contributed by atoms with E-state index in [0.29, 0.717) is 17.3 Å². The summed E-state index contributed by atoms with van der Waals surface area (Å²) in [5.41, 5.74) is 3.16. The van der Waals surface area contributed by atoms with E-state index < -0.39 is 10.8 Å². The molecular formula is C16H19N7O3. The maximum Gasteiger partial charge on any atom is 0.290 e. The largest absolute Gasteiger partial charge is 0.363 e. The minimum absolute atomic E-state index is 0.0143. The van der Waals surface area contributed by atoms with Gasteiger partial charge in [-0.3, -0.25) is 14.9 Å². The number of carbonyl (C=O) groups excluding carboxylic acids is 1. The van der Waals surface area contributed by atoms with E-state index in [1.807, 2.05) is 14.1 Å². The molecule has 0 aliphatic carbocycles. The van der Waals surface area contributed by atoms with Crippen LogP contribution in [-0.2, 0) is 0 Å². The van der Waals surface area contributed by atoms with Gasteiger partial charge in [0.05, 0.1) is 11.1 Å². The summed E-state index contributed by atoms with van der Waals surface area (Å²) < 4.78 is 0. The molecule has 1 aromatic carbocycles. The summed E-state index contributed by atoms with van der Waals surface area (Å²) in [5, 5.41) is 14.5. The number of rotatable bonds is 6. The SMILES string of the molecule is CN(C)c1cc(C(=O)NN=Cc2ccc([N+](=O)[O-])cc2)nc(N(C)C)n1. The quantitative estimate of drug-likeness (QED) is 0.470. The van der Waals surface area contributed by atoms with E-state index in [2.05, 4.69) is 20.5 Å². The van der Waals surface area contributed by atoms with Crippen molar-refractivity contribution in [2.75, 3.05) is 38.0 Å². The minimum Gasteiger partial charge on any atom is -0.363 e. The molecule has 1 aromatic heterocycles. The third kappa shape index (κ3) is 4.72. The molecule has 10 heteroatoms. The average Bonchev–Trinajstić information content (AvgIpc) is 2.61. The summed E-state index contributed by atoms with van der Waals surface area (Å²) in [6.45, 7) is 0. The number of nitro groups is 1. The first-order chi connectivity index (χ1) is 12.3. The molecule has 2 aromatic rings. The molecule has 2 rings (SSSR count). The highest BCUT2D eigenvalue weighted by Gasteiger charge is 2.13. The number of benzene rings is 1. The van der Waals surface area contributed by atoms with Gasteiger partial charge >= 0.3 is 0 Å². The molecule has 136 valence electrons. The monoisotopic (exact) mass is 357 g/mol. The van der Waals surface area contributed by atoms with Gasteiger partial charge in [0.25, 0.3) is 11.6 Å². The number of non-ortho nitro benzene ring substituents is 1. The summed E-state index contributed by atoms with van der Waals surface area (Å²) in [4.78, 5) is 34.4. The van der Waals surface area contributed by atoms with Gasteiger partial charge in [0, 0.05) is 46.4 Å². The summed E-state index contributed by atoms with van der Waals surface area (Å²) in [6, 6.07) is 7.35. The molecule has 0 spiro atoms. The molecule has 1 amide bonds. The molecule has 0 aliphatic heterocycles. The van der Waals surface area contributed by atoms with Crippen LogP contribution >= 0.6 is 0 Å². The van der Waals surface area contributed by atoms with Crippen molar-refractivity contribution in [3.05, 3.63) is 51.7 Å². The summed E-state index contributed by atoms with van der Waals surface area (Å²) in [6.07, 6.45) is 1.39. The number of hydrogen-bond donors (Lipinski definition) is 1. The Hall–Kier alpha value is -3.56. The van der Waals surface area contributed by atoms with Gasteiger partial charge in [0.1, 0.15) is 11.5 Å². The lowest BCUT2D eigenvalue weighted by Gasteiger charge is -2.16. The lowest BCUT2D eigenvalue weighted by molar-refractivity contribution is -0.384. The second kappa shape index (κ2) is 8.01. The minimum atomic E-state index is -0.489. The Labute approximate surface area is 150 Å². The van der Waals surface area contributed by atoms with Crippen molar-refractivity contribution in [3.8, 4) is 0 Å². The molecule has 0 saturated heterocycles. The van der Waals surface area contributed by atoms with Crippen LogP contribution in [0.4, 0.5) is 17.5 Å². The average molecular weight is 357 g/mol. The van der Waals surface area contributed by atoms with Crippen LogP contribution in [0.25, 0.3) is 0 Å². The molecule has 0 atom stereocenters. The molecule has 1 heterocycles. The predicted molar refractivity (Wildman–Crippen MR) is 98.8 cm³/mol. The smallest absolute Gasteiger partial charge is 0.290 e. The zero-order valence-electron chi connectivity index (χ0n) is 14.9. The molecule has 26 heavy (non-hydrogen) atoms. The van der Waals surface area contributed by atoms with Crippen LogP contribution < -0.4 is 15.2 Å². The second-order valence-corrected chi connectivity index (χ2v) is 5.75. The maximum atomic E-state index is 12.3. The highest BCUT2D eigenvalue weighted by molar-refractivity contribution is 5.94. The van der Waals surface area contributed by atoms with Crippen molar-refractivity contribution in [3.63, 3.8) is 0 Å². The summed E-state index contributed by atoms with van der Waals surface area (Å²) >= 11 is 0. The van der Waals surface area contributed by atoms with Gasteiger partial charge in [-0.1, -0.05) is 0 Å². The Morgan fingerprint density at radius 1 is 1.15 bits per heavy atom. The number of nitro benzene ring substituents is 1. The van der Waals surface area contributed by atoms with Gasteiger partial charge in [0.2, 0.25) is 5.95 Å². The van der Waals surface area contributed by atoms with Crippen molar-refractivity contribution in [2.45, 2.75) is 0 Å². The third-order valence-electron chi connectivity index (χ3n) is 3.28. The fourth-order valence-electron chi connectivity index (χ4n) is 1.87. The summed E-state index contributed by atoms with van der Waals surface area (Å²) in [5.74, 6) is 0.505. The Morgan fingerprint density at radius 3 is 2.35 bits per heavy atom. The van der Waals surface area contributed by atoms with E-state index in [9.17, 15) is 14.9 Å². The van der Waals surface area contributed by atoms with E-state index >= 15 is 0 Å². The first kappa shape index (κ1) is 18.8. The van der Waals surface area contributed by atoms with Crippen molar-refractivity contribution in [1.29, 1.82) is 0 Å². The topological polar surface area (TPSA) is 117 Å². The molecule has 0 saturated carbocycles. The van der Waals surface area contributed by atoms with Crippen molar-refractivity contribution >= 4 is 29.6 Å². The molecule has 0 unspecified atom stereocenters. The van der Waals surface area contributed by atoms with Crippen LogP contribution in [0.1, 0.15) is 16.1 Å². The Bertz CT molecular complexity index is 806. The standard InChI is InChI=1S/C16H19N7O3/c1-21(2)14-9-13(18-16(19-14)22(3)4)15(24)20-17-10-11-5-7-12(8-6-11)23(25)26/h5-10H,1-4H3,(H,20,24). The highest BCUT2D eigenvalue weighted by atomic mass is 16.6. The van der Waals surface area contributed by atoms with Crippen molar-refractivity contribution in [2.24, 2.45) is 5.10 Å². The van der Waals surface area contributed by atoms with Crippen LogP contribution in [0.5, 0.6) is 0 Å². The van der Waals surface area contributed by atoms with Crippen molar-refractivity contribution in [1.82, 2.24) is 15.4 Å². The Morgan fingerprint density at radius 2 is 1.81 bits per heavy atom. The van der Waals surface area contributed by atoms with E-state index in [-0.39, 0.29) is 11.4 Å². The van der Waals surface area contributed by atoms with Gasteiger partial charge in [0.15, 0.2) is 0 Å². The second-order valence-electron chi connectivity index (χ2n) is 5.75. The number of carbonyl (C=O) groups is 1.